The molecular weight excluding hydrogens is 353 g/mol. The van der Waals surface area contributed by atoms with Gasteiger partial charge in [-0.3, -0.25) is 9.59 Å². The molecule has 3 heterocycles. The number of nitrogens with two attached hydrogens (primary N) is 1. The largest absolute Gasteiger partial charge is 0.463 e. The van der Waals surface area contributed by atoms with Gasteiger partial charge in [0.15, 0.2) is 24.2 Å². The second-order valence-corrected chi connectivity index (χ2v) is 5.65. The van der Waals surface area contributed by atoms with E-state index in [2.05, 4.69) is 15.0 Å². The first kappa shape index (κ1) is 17.8. The zero-order valence-electron chi connectivity index (χ0n) is 13.8. The number of fused-ring (bicyclic) bond motifs is 1. The van der Waals surface area contributed by atoms with E-state index in [-0.39, 0.29) is 17.1 Å². The lowest BCUT2D eigenvalue weighted by atomic mass is 10.1. The van der Waals surface area contributed by atoms with Crippen molar-refractivity contribution in [1.82, 2.24) is 19.5 Å². The third-order valence-corrected chi connectivity index (χ3v) is 3.75. The van der Waals surface area contributed by atoms with Crippen LogP contribution in [0.1, 0.15) is 20.1 Å². The summed E-state index contributed by atoms with van der Waals surface area (Å²) in [6, 6.07) is 0. The summed E-state index contributed by atoms with van der Waals surface area (Å²) in [5, 5.41) is 0. The predicted octanol–water partition coefficient (Wildman–Crippen LogP) is -0.568. The molecule has 1 fully saturated rings. The first-order valence-corrected chi connectivity index (χ1v) is 7.60. The summed E-state index contributed by atoms with van der Waals surface area (Å²) >= 11 is 0. The average Bonchev–Trinajstić information content (AvgIpc) is 3.02. The molecule has 0 bridgehead atoms. The number of nitrogen functional groups attached to an aromatic ring is 1. The van der Waals surface area contributed by atoms with Gasteiger partial charge in [-0.25, -0.2) is 18.7 Å². The number of hydrogen-bond donors (Lipinski definition) is 2. The van der Waals surface area contributed by atoms with Crippen LogP contribution in [-0.2, 0) is 23.8 Å². The molecule has 0 radical (unpaired) electrons. The molecule has 0 spiro atoms. The van der Waals surface area contributed by atoms with Gasteiger partial charge in [-0.1, -0.05) is 0 Å². The summed E-state index contributed by atoms with van der Waals surface area (Å²) in [6.45, 7) is 1.85. The zero-order valence-corrected chi connectivity index (χ0v) is 13.8. The number of carbonyl (C=O) groups excluding carboxylic acids is 2. The lowest BCUT2D eigenvalue weighted by molar-refractivity contribution is -0.154. The molecule has 0 aliphatic carbocycles. The van der Waals surface area contributed by atoms with Crippen molar-refractivity contribution < 1.29 is 28.2 Å². The van der Waals surface area contributed by atoms with Crippen molar-refractivity contribution in [3.63, 3.8) is 0 Å². The van der Waals surface area contributed by atoms with Gasteiger partial charge >= 0.3 is 17.6 Å². The van der Waals surface area contributed by atoms with E-state index in [9.17, 15) is 18.8 Å². The van der Waals surface area contributed by atoms with Crippen molar-refractivity contribution in [2.24, 2.45) is 0 Å². The normalized spacial score (nSPS) is 25.3. The lowest BCUT2D eigenvalue weighted by Gasteiger charge is -2.19. The van der Waals surface area contributed by atoms with Crippen molar-refractivity contribution >= 4 is 29.1 Å². The molecule has 11 nitrogen and oxygen atoms in total. The minimum absolute atomic E-state index is 0.0602. The van der Waals surface area contributed by atoms with Gasteiger partial charge in [-0.15, -0.1) is 0 Å². The number of aromatic nitrogens is 4. The molecule has 2 aromatic heterocycles. The van der Waals surface area contributed by atoms with E-state index in [1.54, 1.807) is 0 Å². The first-order valence-electron chi connectivity index (χ1n) is 7.60. The Bertz CT molecular complexity index is 911. The third-order valence-electron chi connectivity index (χ3n) is 3.75. The highest BCUT2D eigenvalue weighted by atomic mass is 19.1. The molecule has 0 unspecified atom stereocenters. The number of nitrogens with one attached hydrogen (secondary N) is 1. The molecule has 12 heteroatoms. The van der Waals surface area contributed by atoms with Crippen LogP contribution in [0.25, 0.3) is 11.2 Å². The summed E-state index contributed by atoms with van der Waals surface area (Å²) in [7, 11) is 0. The van der Waals surface area contributed by atoms with Gasteiger partial charge in [-0.2, -0.15) is 4.98 Å². The minimum atomic E-state index is -1.83. The van der Waals surface area contributed by atoms with Gasteiger partial charge in [0.2, 0.25) is 5.95 Å². The first-order chi connectivity index (χ1) is 12.3. The van der Waals surface area contributed by atoms with Crippen LogP contribution in [0.4, 0.5) is 10.3 Å². The Morgan fingerprint density at radius 1 is 1.42 bits per heavy atom. The van der Waals surface area contributed by atoms with Gasteiger partial charge in [0, 0.05) is 13.8 Å². The smallest absolute Gasteiger partial charge is 0.330 e. The maximum Gasteiger partial charge on any atom is 0.330 e. The second-order valence-electron chi connectivity index (χ2n) is 5.65. The Morgan fingerprint density at radius 2 is 2.15 bits per heavy atom. The number of halogens is 1. The average molecular weight is 369 g/mol. The summed E-state index contributed by atoms with van der Waals surface area (Å²) in [6.07, 6.45) is -4.55. The topological polar surface area (TPSA) is 151 Å². The van der Waals surface area contributed by atoms with Crippen LogP contribution in [0.3, 0.4) is 0 Å². The SMILES string of the molecule is CC(=O)OC[C@H]1O[C@@H](n2c(=O)[nH]c3cnc(N)nc32)[C@H](OC(C)=O)[C@@H]1F. The number of hydrogen-bond acceptors (Lipinski definition) is 9. The molecule has 26 heavy (non-hydrogen) atoms. The number of aromatic amines is 1. The number of H-pyrrole nitrogens is 1. The molecule has 0 amide bonds. The van der Waals surface area contributed by atoms with Crippen molar-refractivity contribution in [3.8, 4) is 0 Å². The van der Waals surface area contributed by atoms with Gasteiger partial charge in [0.05, 0.1) is 6.20 Å². The Morgan fingerprint density at radius 3 is 2.81 bits per heavy atom. The number of anilines is 1. The molecule has 2 aromatic rings. The highest BCUT2D eigenvalue weighted by molar-refractivity contribution is 5.71. The quantitative estimate of drug-likeness (QED) is 0.675. The van der Waals surface area contributed by atoms with Gasteiger partial charge in [0.1, 0.15) is 18.2 Å². The number of imidazole rings is 1. The van der Waals surface area contributed by atoms with Gasteiger partial charge in [-0.05, 0) is 0 Å². The number of nitrogens with zero attached hydrogens (tertiary/aromatic N) is 3. The molecule has 0 aromatic carbocycles. The monoisotopic (exact) mass is 369 g/mol. The van der Waals surface area contributed by atoms with Gasteiger partial charge in [0.25, 0.3) is 0 Å². The Kier molecular flexibility index (Phi) is 4.59. The molecule has 140 valence electrons. The molecule has 4 atom stereocenters. The fraction of sp³-hybridized carbons (Fsp3) is 0.500. The lowest BCUT2D eigenvalue weighted by Crippen LogP contribution is -2.36. The Labute approximate surface area is 145 Å². The minimum Gasteiger partial charge on any atom is -0.463 e. The van der Waals surface area contributed by atoms with Crippen LogP contribution in [0, 0.1) is 0 Å². The molecule has 3 N–H and O–H groups in total. The van der Waals surface area contributed by atoms with Crippen LogP contribution < -0.4 is 11.4 Å². The van der Waals surface area contributed by atoms with E-state index in [1.807, 2.05) is 0 Å². The maximum atomic E-state index is 14.7. The molecule has 1 aliphatic rings. The van der Waals surface area contributed by atoms with E-state index >= 15 is 0 Å². The van der Waals surface area contributed by atoms with Crippen molar-refractivity contribution in [1.29, 1.82) is 0 Å². The molecule has 0 saturated carbocycles. The standard InChI is InChI=1S/C14H16FN5O6/c1-5(21)24-4-8-9(15)10(25-6(2)22)12(26-8)20-11-7(18-14(20)23)3-17-13(16)19-11/h3,8-10,12H,4H2,1-2H3,(H,18,23)(H2,16,17,19)/t8-,9-,10-,12-/m1/s1. The van der Waals surface area contributed by atoms with E-state index in [0.717, 1.165) is 18.4 Å². The van der Waals surface area contributed by atoms with Crippen molar-refractivity contribution in [3.05, 3.63) is 16.7 Å². The number of rotatable bonds is 4. The van der Waals surface area contributed by atoms with E-state index in [1.165, 1.54) is 6.20 Å². The van der Waals surface area contributed by atoms with Crippen LogP contribution in [-0.4, -0.2) is 56.4 Å². The van der Waals surface area contributed by atoms with E-state index in [4.69, 9.17) is 19.9 Å². The number of carbonyl (C=O) groups is 2. The van der Waals surface area contributed by atoms with Gasteiger partial charge < -0.3 is 24.9 Å². The number of ether oxygens (including phenoxy) is 3. The van der Waals surface area contributed by atoms with E-state index in [0.29, 0.717) is 0 Å². The Hall–Kier alpha value is -3.02. The molecule has 3 rings (SSSR count). The zero-order chi connectivity index (χ0) is 19.0. The molecule has 1 saturated heterocycles. The highest BCUT2D eigenvalue weighted by Gasteiger charge is 2.50. The van der Waals surface area contributed by atoms with Crippen LogP contribution >= 0.6 is 0 Å². The fourth-order valence-electron chi connectivity index (χ4n) is 2.72. The molecule has 1 aliphatic heterocycles. The predicted molar refractivity (Wildman–Crippen MR) is 83.6 cm³/mol. The van der Waals surface area contributed by atoms with Crippen LogP contribution in [0.2, 0.25) is 0 Å². The number of esters is 2. The van der Waals surface area contributed by atoms with Crippen molar-refractivity contribution in [2.45, 2.75) is 38.5 Å². The highest BCUT2D eigenvalue weighted by Crippen LogP contribution is 2.34. The fourth-order valence-corrected chi connectivity index (χ4v) is 2.72. The van der Waals surface area contributed by atoms with E-state index < -0.39 is 48.8 Å². The summed E-state index contributed by atoms with van der Waals surface area (Å²) in [5.41, 5.74) is 5.17. The number of alkyl halides is 1. The summed E-state index contributed by atoms with van der Waals surface area (Å²) in [4.78, 5) is 44.8. The molecular formula is C14H16FN5O6. The van der Waals surface area contributed by atoms with Crippen molar-refractivity contribution in [2.75, 3.05) is 12.3 Å². The second kappa shape index (κ2) is 6.71. The maximum absolute atomic E-state index is 14.7. The summed E-state index contributed by atoms with van der Waals surface area (Å²) in [5.74, 6) is -1.50. The van der Waals surface area contributed by atoms with Crippen LogP contribution in [0.15, 0.2) is 11.0 Å². The summed E-state index contributed by atoms with van der Waals surface area (Å²) < 4.78 is 31.0. The van der Waals surface area contributed by atoms with Crippen LogP contribution in [0.5, 0.6) is 0 Å². The third kappa shape index (κ3) is 3.22. The Balaban J connectivity index is 2.02.